The van der Waals surface area contributed by atoms with Crippen molar-refractivity contribution in [3.05, 3.63) is 94.6 Å². The van der Waals surface area contributed by atoms with Gasteiger partial charge in [-0.1, -0.05) is 36.4 Å². The Morgan fingerprint density at radius 1 is 1.00 bits per heavy atom. The average Bonchev–Trinajstić information content (AvgIpc) is 3.24. The summed E-state index contributed by atoms with van der Waals surface area (Å²) in [5.41, 5.74) is 8.19. The quantitative estimate of drug-likeness (QED) is 0.680. The van der Waals surface area contributed by atoms with Crippen molar-refractivity contribution in [1.29, 1.82) is 5.26 Å². The maximum absolute atomic E-state index is 14.1. The van der Waals surface area contributed by atoms with Crippen LogP contribution in [0.1, 0.15) is 22.6 Å². The van der Waals surface area contributed by atoms with Crippen molar-refractivity contribution in [2.75, 3.05) is 6.79 Å². The smallest absolute Gasteiger partial charge is 0.231 e. The Balaban J connectivity index is 1.58. The van der Waals surface area contributed by atoms with E-state index in [9.17, 15) is 9.65 Å². The highest BCUT2D eigenvalue weighted by Gasteiger charge is 2.34. The largest absolute Gasteiger partial charge is 0.488 e. The fraction of sp³-hybridized carbons (Fsp3) is 0.125. The van der Waals surface area contributed by atoms with Crippen molar-refractivity contribution < 1.29 is 23.3 Å². The molecule has 31 heavy (non-hydrogen) atoms. The van der Waals surface area contributed by atoms with Crippen molar-refractivity contribution in [3.63, 3.8) is 0 Å². The molecule has 0 unspecified atom stereocenters. The third-order valence-corrected chi connectivity index (χ3v) is 5.28. The zero-order valence-corrected chi connectivity index (χ0v) is 16.3. The molecule has 3 aromatic rings. The number of halogens is 1. The second-order valence-corrected chi connectivity index (χ2v) is 7.09. The van der Waals surface area contributed by atoms with E-state index in [4.69, 9.17) is 24.7 Å². The molecule has 6 nitrogen and oxygen atoms in total. The normalized spacial score (nSPS) is 16.3. The number of allylic oxidation sites excluding steroid dienone is 1. The minimum absolute atomic E-state index is 0.0165. The number of nitriles is 1. The molecule has 0 spiro atoms. The standard InChI is InChI=1S/C24H17FN2O4/c25-18-7-3-1-5-14(18)12-28-19-8-4-2-6-15(19)23-16-9-21-22(30-13-29-21)10-20(16)31-24(27)17(23)11-26/h1-10,23H,12-13,27H2/t23-/m0/s1. The summed E-state index contributed by atoms with van der Waals surface area (Å²) in [6.45, 7) is 0.154. The average molecular weight is 416 g/mol. The molecule has 0 fully saturated rings. The van der Waals surface area contributed by atoms with Gasteiger partial charge in [0.05, 0.1) is 5.92 Å². The molecule has 2 aliphatic heterocycles. The summed E-state index contributed by atoms with van der Waals surface area (Å²) >= 11 is 0. The summed E-state index contributed by atoms with van der Waals surface area (Å²) in [4.78, 5) is 0. The molecule has 0 aliphatic carbocycles. The lowest BCUT2D eigenvalue weighted by Crippen LogP contribution is -2.21. The molecule has 0 radical (unpaired) electrons. The van der Waals surface area contributed by atoms with E-state index in [0.29, 0.717) is 39.7 Å². The van der Waals surface area contributed by atoms with E-state index in [2.05, 4.69) is 6.07 Å². The summed E-state index contributed by atoms with van der Waals surface area (Å²) < 4.78 is 36.7. The van der Waals surface area contributed by atoms with Crippen LogP contribution in [-0.4, -0.2) is 6.79 Å². The highest BCUT2D eigenvalue weighted by Crippen LogP contribution is 2.49. The van der Waals surface area contributed by atoms with E-state index in [0.717, 1.165) is 0 Å². The number of ether oxygens (including phenoxy) is 4. The summed E-state index contributed by atoms with van der Waals surface area (Å²) in [5, 5.41) is 9.83. The third-order valence-electron chi connectivity index (χ3n) is 5.28. The van der Waals surface area contributed by atoms with E-state index in [1.54, 1.807) is 36.4 Å². The number of hydrogen-bond acceptors (Lipinski definition) is 6. The maximum Gasteiger partial charge on any atom is 0.231 e. The molecule has 2 heterocycles. The first-order valence-electron chi connectivity index (χ1n) is 9.62. The zero-order valence-electron chi connectivity index (χ0n) is 16.3. The first-order valence-corrected chi connectivity index (χ1v) is 9.62. The fourth-order valence-electron chi connectivity index (χ4n) is 3.79. The predicted molar refractivity (Wildman–Crippen MR) is 109 cm³/mol. The lowest BCUT2D eigenvalue weighted by atomic mass is 9.83. The van der Waals surface area contributed by atoms with Crippen LogP contribution in [0.25, 0.3) is 0 Å². The first-order chi connectivity index (χ1) is 15.2. The molecule has 0 aromatic heterocycles. The molecule has 0 saturated heterocycles. The van der Waals surface area contributed by atoms with E-state index in [1.807, 2.05) is 18.2 Å². The van der Waals surface area contributed by atoms with Gasteiger partial charge in [0.25, 0.3) is 0 Å². The number of nitrogens with two attached hydrogens (primary N) is 1. The number of hydrogen-bond donors (Lipinski definition) is 1. The van der Waals surface area contributed by atoms with Crippen LogP contribution in [0.5, 0.6) is 23.0 Å². The number of rotatable bonds is 4. The first kappa shape index (κ1) is 18.8. The topological polar surface area (TPSA) is 86.7 Å². The van der Waals surface area contributed by atoms with Gasteiger partial charge in [0, 0.05) is 22.8 Å². The van der Waals surface area contributed by atoms with Crippen LogP contribution in [0.4, 0.5) is 4.39 Å². The van der Waals surface area contributed by atoms with Gasteiger partial charge in [-0.05, 0) is 18.2 Å². The summed E-state index contributed by atoms with van der Waals surface area (Å²) in [6.07, 6.45) is 0. The monoisotopic (exact) mass is 416 g/mol. The van der Waals surface area contributed by atoms with Gasteiger partial charge in [0.15, 0.2) is 11.5 Å². The number of para-hydroxylation sites is 1. The lowest BCUT2D eigenvalue weighted by molar-refractivity contribution is 0.174. The van der Waals surface area contributed by atoms with Gasteiger partial charge >= 0.3 is 0 Å². The third kappa shape index (κ3) is 3.28. The maximum atomic E-state index is 14.1. The Labute approximate surface area is 177 Å². The molecular formula is C24H17FN2O4. The number of benzene rings is 3. The molecule has 0 amide bonds. The van der Waals surface area contributed by atoms with Crippen LogP contribution in [-0.2, 0) is 6.61 Å². The highest BCUT2D eigenvalue weighted by molar-refractivity contribution is 5.63. The molecule has 5 rings (SSSR count). The van der Waals surface area contributed by atoms with Gasteiger partial charge < -0.3 is 24.7 Å². The molecule has 0 bridgehead atoms. The van der Waals surface area contributed by atoms with E-state index in [-0.39, 0.29) is 30.7 Å². The molecule has 1 atom stereocenters. The second-order valence-electron chi connectivity index (χ2n) is 7.09. The van der Waals surface area contributed by atoms with Crippen LogP contribution in [0.2, 0.25) is 0 Å². The summed E-state index contributed by atoms with van der Waals surface area (Å²) in [6, 6.07) is 19.4. The molecule has 7 heteroatoms. The van der Waals surface area contributed by atoms with E-state index < -0.39 is 5.92 Å². The van der Waals surface area contributed by atoms with Gasteiger partial charge in [0.1, 0.15) is 35.6 Å². The zero-order chi connectivity index (χ0) is 21.4. The minimum atomic E-state index is -0.542. The second kappa shape index (κ2) is 7.58. The molecule has 2 N–H and O–H groups in total. The fourth-order valence-corrected chi connectivity index (χ4v) is 3.79. The Hall–Kier alpha value is -4.18. The van der Waals surface area contributed by atoms with Crippen molar-refractivity contribution in [2.45, 2.75) is 12.5 Å². The van der Waals surface area contributed by atoms with Crippen molar-refractivity contribution in [2.24, 2.45) is 5.73 Å². The number of fused-ring (bicyclic) bond motifs is 2. The predicted octanol–water partition coefficient (Wildman–Crippen LogP) is 4.35. The number of nitrogens with zero attached hydrogens (tertiary/aromatic N) is 1. The highest BCUT2D eigenvalue weighted by atomic mass is 19.1. The molecule has 2 aliphatic rings. The van der Waals surface area contributed by atoms with Gasteiger partial charge in [-0.2, -0.15) is 5.26 Å². The molecule has 154 valence electrons. The molecule has 3 aromatic carbocycles. The van der Waals surface area contributed by atoms with E-state index in [1.165, 1.54) is 6.07 Å². The van der Waals surface area contributed by atoms with Crippen LogP contribution < -0.4 is 24.7 Å². The minimum Gasteiger partial charge on any atom is -0.488 e. The Bertz CT molecular complexity index is 1250. The van der Waals surface area contributed by atoms with Crippen molar-refractivity contribution in [3.8, 4) is 29.1 Å². The molecule has 0 saturated carbocycles. The van der Waals surface area contributed by atoms with Crippen LogP contribution >= 0.6 is 0 Å². The van der Waals surface area contributed by atoms with Crippen LogP contribution in [0, 0.1) is 17.1 Å². The Kier molecular flexibility index (Phi) is 4.60. The Morgan fingerprint density at radius 2 is 1.74 bits per heavy atom. The van der Waals surface area contributed by atoms with Gasteiger partial charge in [-0.3, -0.25) is 0 Å². The van der Waals surface area contributed by atoms with E-state index >= 15 is 0 Å². The van der Waals surface area contributed by atoms with Gasteiger partial charge in [-0.15, -0.1) is 0 Å². The van der Waals surface area contributed by atoms with Crippen LogP contribution in [0.15, 0.2) is 72.1 Å². The van der Waals surface area contributed by atoms with Crippen molar-refractivity contribution >= 4 is 0 Å². The van der Waals surface area contributed by atoms with Crippen molar-refractivity contribution in [1.82, 2.24) is 0 Å². The summed E-state index contributed by atoms with van der Waals surface area (Å²) in [5.74, 6) is 1.25. The summed E-state index contributed by atoms with van der Waals surface area (Å²) in [7, 11) is 0. The Morgan fingerprint density at radius 3 is 2.55 bits per heavy atom. The van der Waals surface area contributed by atoms with Gasteiger partial charge in [0.2, 0.25) is 12.7 Å². The SMILES string of the molecule is N#CC1=C(N)Oc2cc3c(cc2[C@@H]1c1ccccc1OCc1ccccc1F)OCO3. The molecular weight excluding hydrogens is 399 g/mol. The van der Waals surface area contributed by atoms with Crippen LogP contribution in [0.3, 0.4) is 0 Å². The van der Waals surface area contributed by atoms with Gasteiger partial charge in [-0.25, -0.2) is 4.39 Å². The lowest BCUT2D eigenvalue weighted by Gasteiger charge is -2.28.